The average Bonchev–Trinajstić information content (AvgIpc) is 2.56. The first-order valence-corrected chi connectivity index (χ1v) is 7.81. The summed E-state index contributed by atoms with van der Waals surface area (Å²) in [5, 5.41) is 13.3. The van der Waals surface area contributed by atoms with Crippen molar-refractivity contribution >= 4 is 5.82 Å². The van der Waals surface area contributed by atoms with E-state index in [1.54, 1.807) is 18.3 Å². The van der Waals surface area contributed by atoms with Crippen LogP contribution in [-0.4, -0.2) is 39.2 Å². The first-order valence-electron chi connectivity index (χ1n) is 7.81. The van der Waals surface area contributed by atoms with Crippen LogP contribution in [0.4, 0.5) is 5.82 Å². The summed E-state index contributed by atoms with van der Waals surface area (Å²) >= 11 is 0. The highest BCUT2D eigenvalue weighted by atomic mass is 16.3. The minimum atomic E-state index is -0.161. The summed E-state index contributed by atoms with van der Waals surface area (Å²) in [6.45, 7) is 3.95. The van der Waals surface area contributed by atoms with Crippen molar-refractivity contribution in [1.29, 1.82) is 0 Å². The predicted molar refractivity (Wildman–Crippen MR) is 87.6 cm³/mol. The fourth-order valence-corrected chi connectivity index (χ4v) is 2.88. The Balaban J connectivity index is 1.64. The Morgan fingerprint density at radius 3 is 3.17 bits per heavy atom. The van der Waals surface area contributed by atoms with Gasteiger partial charge < -0.3 is 20.3 Å². The Labute approximate surface area is 134 Å². The summed E-state index contributed by atoms with van der Waals surface area (Å²) in [5.41, 5.74) is 1.37. The number of anilines is 1. The number of aromatic nitrogens is 3. The van der Waals surface area contributed by atoms with Gasteiger partial charge in [0.05, 0.1) is 5.69 Å². The summed E-state index contributed by atoms with van der Waals surface area (Å²) in [4.78, 5) is 25.1. The van der Waals surface area contributed by atoms with Crippen LogP contribution >= 0.6 is 0 Å². The fraction of sp³-hybridized carbons (Fsp3) is 0.438. The number of H-pyrrole nitrogens is 1. The molecular weight excluding hydrogens is 294 g/mol. The van der Waals surface area contributed by atoms with Crippen LogP contribution in [0, 0.1) is 6.92 Å². The summed E-state index contributed by atoms with van der Waals surface area (Å²) < 4.78 is 0. The van der Waals surface area contributed by atoms with Gasteiger partial charge in [-0.3, -0.25) is 9.78 Å². The smallest absolute Gasteiger partial charge is 0.290 e. The molecule has 23 heavy (non-hydrogen) atoms. The topological polar surface area (TPSA) is 94.1 Å². The molecule has 7 nitrogen and oxygen atoms in total. The van der Waals surface area contributed by atoms with E-state index in [-0.39, 0.29) is 17.4 Å². The first kappa shape index (κ1) is 15.5. The zero-order valence-electron chi connectivity index (χ0n) is 13.1. The fourth-order valence-electron chi connectivity index (χ4n) is 2.88. The molecule has 0 radical (unpaired) electrons. The minimum Gasteiger partial charge on any atom is -0.506 e. The van der Waals surface area contributed by atoms with Crippen molar-refractivity contribution in [3.05, 3.63) is 46.3 Å². The second-order valence-corrected chi connectivity index (χ2v) is 5.83. The van der Waals surface area contributed by atoms with E-state index in [9.17, 15) is 9.90 Å². The quantitative estimate of drug-likeness (QED) is 0.777. The lowest BCUT2D eigenvalue weighted by Gasteiger charge is -2.33. The number of hydrogen-bond donors (Lipinski definition) is 3. The van der Waals surface area contributed by atoms with Crippen LogP contribution in [0.3, 0.4) is 0 Å². The van der Waals surface area contributed by atoms with E-state index in [1.165, 1.54) is 6.20 Å². The van der Waals surface area contributed by atoms with E-state index in [0.717, 1.165) is 25.1 Å². The molecule has 1 saturated heterocycles. The number of nitrogens with zero attached hydrogens (tertiary/aromatic N) is 3. The average molecular weight is 315 g/mol. The number of aryl methyl sites for hydroxylation is 1. The molecule has 0 aliphatic carbocycles. The van der Waals surface area contributed by atoms with Crippen molar-refractivity contribution in [3.8, 4) is 5.75 Å². The van der Waals surface area contributed by atoms with Gasteiger partial charge in [-0.1, -0.05) is 0 Å². The minimum absolute atomic E-state index is 0.161. The summed E-state index contributed by atoms with van der Waals surface area (Å²) in [6.07, 6.45) is 5.15. The zero-order valence-corrected chi connectivity index (χ0v) is 13.1. The molecule has 2 aromatic rings. The Morgan fingerprint density at radius 2 is 2.35 bits per heavy atom. The van der Waals surface area contributed by atoms with Gasteiger partial charge in [-0.25, -0.2) is 4.98 Å². The van der Waals surface area contributed by atoms with Crippen LogP contribution in [0.5, 0.6) is 5.75 Å². The molecule has 1 fully saturated rings. The highest BCUT2D eigenvalue weighted by molar-refractivity contribution is 5.36. The second kappa shape index (κ2) is 6.78. The Hall–Kier alpha value is -2.41. The molecule has 1 aliphatic rings. The molecule has 0 spiro atoms. The van der Waals surface area contributed by atoms with E-state index >= 15 is 0 Å². The van der Waals surface area contributed by atoms with Crippen LogP contribution < -0.4 is 15.8 Å². The number of aromatic amines is 1. The molecule has 0 amide bonds. The maximum absolute atomic E-state index is 11.9. The van der Waals surface area contributed by atoms with Crippen molar-refractivity contribution in [2.24, 2.45) is 0 Å². The van der Waals surface area contributed by atoms with Crippen molar-refractivity contribution < 1.29 is 5.11 Å². The van der Waals surface area contributed by atoms with Gasteiger partial charge in [-0.2, -0.15) is 0 Å². The molecule has 122 valence electrons. The maximum atomic E-state index is 11.9. The molecule has 3 N–H and O–H groups in total. The van der Waals surface area contributed by atoms with E-state index in [2.05, 4.69) is 20.3 Å². The number of aromatic hydroxyl groups is 1. The van der Waals surface area contributed by atoms with Crippen LogP contribution in [0.15, 0.2) is 29.3 Å². The SMILES string of the molecule is Cc1ccc(O)c(CN[C@@H]2CCCN(c3ncc[nH]c3=O)C2)n1. The van der Waals surface area contributed by atoms with Crippen LogP contribution in [0.2, 0.25) is 0 Å². The van der Waals surface area contributed by atoms with Crippen molar-refractivity contribution in [3.63, 3.8) is 0 Å². The summed E-state index contributed by atoms with van der Waals surface area (Å²) in [7, 11) is 0. The molecule has 1 aliphatic heterocycles. The lowest BCUT2D eigenvalue weighted by atomic mass is 10.1. The molecular formula is C16H21N5O2. The predicted octanol–water partition coefficient (Wildman–Crippen LogP) is 0.938. The summed E-state index contributed by atoms with van der Waals surface area (Å²) in [6, 6.07) is 3.68. The number of pyridine rings is 1. The highest BCUT2D eigenvalue weighted by Crippen LogP contribution is 2.17. The van der Waals surface area contributed by atoms with Gasteiger partial charge >= 0.3 is 0 Å². The van der Waals surface area contributed by atoms with Gasteiger partial charge in [0.25, 0.3) is 5.56 Å². The third-order valence-electron chi connectivity index (χ3n) is 4.06. The Morgan fingerprint density at radius 1 is 1.48 bits per heavy atom. The largest absolute Gasteiger partial charge is 0.506 e. The lowest BCUT2D eigenvalue weighted by molar-refractivity contribution is 0.407. The van der Waals surface area contributed by atoms with E-state index in [1.807, 2.05) is 11.8 Å². The van der Waals surface area contributed by atoms with Crippen LogP contribution in [0.1, 0.15) is 24.2 Å². The lowest BCUT2D eigenvalue weighted by Crippen LogP contribution is -2.47. The van der Waals surface area contributed by atoms with Gasteiger partial charge in [-0.15, -0.1) is 0 Å². The third kappa shape index (κ3) is 3.68. The number of rotatable bonds is 4. The van der Waals surface area contributed by atoms with Crippen molar-refractivity contribution in [2.75, 3.05) is 18.0 Å². The van der Waals surface area contributed by atoms with E-state index < -0.39 is 0 Å². The molecule has 0 saturated carbocycles. The monoisotopic (exact) mass is 315 g/mol. The highest BCUT2D eigenvalue weighted by Gasteiger charge is 2.22. The Kier molecular flexibility index (Phi) is 4.57. The molecule has 3 rings (SSSR count). The molecule has 0 aromatic carbocycles. The standard InChI is InChI=1S/C16H21N5O2/c1-11-4-5-14(22)13(20-11)9-19-12-3-2-8-21(10-12)15-16(23)18-7-6-17-15/h4-7,12,19,22H,2-3,8-10H2,1H3,(H,18,23)/t12-/m1/s1. The van der Waals surface area contributed by atoms with Gasteiger partial charge in [0.1, 0.15) is 5.75 Å². The first-order chi connectivity index (χ1) is 11.1. The second-order valence-electron chi connectivity index (χ2n) is 5.83. The van der Waals surface area contributed by atoms with Gasteiger partial charge in [0.15, 0.2) is 5.82 Å². The molecule has 3 heterocycles. The van der Waals surface area contributed by atoms with Crippen molar-refractivity contribution in [1.82, 2.24) is 20.3 Å². The van der Waals surface area contributed by atoms with Crippen molar-refractivity contribution in [2.45, 2.75) is 32.4 Å². The normalized spacial score (nSPS) is 18.1. The van der Waals surface area contributed by atoms with Crippen LogP contribution in [-0.2, 0) is 6.54 Å². The van der Waals surface area contributed by atoms with E-state index in [0.29, 0.717) is 24.6 Å². The van der Waals surface area contributed by atoms with Gasteiger partial charge in [0, 0.05) is 43.8 Å². The van der Waals surface area contributed by atoms with E-state index in [4.69, 9.17) is 0 Å². The molecule has 1 atom stereocenters. The van der Waals surface area contributed by atoms with Gasteiger partial charge in [0.2, 0.25) is 0 Å². The number of nitrogens with one attached hydrogen (secondary N) is 2. The summed E-state index contributed by atoms with van der Waals surface area (Å²) in [5.74, 6) is 0.674. The van der Waals surface area contributed by atoms with Gasteiger partial charge in [-0.05, 0) is 31.9 Å². The maximum Gasteiger partial charge on any atom is 0.290 e. The number of hydrogen-bond acceptors (Lipinski definition) is 6. The zero-order chi connectivity index (χ0) is 16.2. The molecule has 7 heteroatoms. The molecule has 0 unspecified atom stereocenters. The Bertz CT molecular complexity index is 730. The third-order valence-corrected chi connectivity index (χ3v) is 4.06. The van der Waals surface area contributed by atoms with Crippen LogP contribution in [0.25, 0.3) is 0 Å². The molecule has 0 bridgehead atoms. The molecule has 2 aromatic heterocycles. The number of piperidine rings is 1.